The van der Waals surface area contributed by atoms with Gasteiger partial charge in [0.2, 0.25) is 0 Å². The van der Waals surface area contributed by atoms with Crippen LogP contribution in [0.3, 0.4) is 0 Å². The van der Waals surface area contributed by atoms with Crippen LogP contribution in [0.25, 0.3) is 10.8 Å². The van der Waals surface area contributed by atoms with Crippen molar-refractivity contribution >= 4 is 16.6 Å². The van der Waals surface area contributed by atoms with Gasteiger partial charge in [0.15, 0.2) is 5.78 Å². The van der Waals surface area contributed by atoms with Gasteiger partial charge in [-0.3, -0.25) is 9.78 Å². The molecule has 1 atom stereocenters. The molecule has 2 aromatic rings. The Morgan fingerprint density at radius 1 is 1.24 bits per heavy atom. The number of hydrogen-bond donors (Lipinski definition) is 1. The Labute approximate surface area is 129 Å². The third kappa shape index (κ3) is 4.64. The second kappa shape index (κ2) is 8.53. The molecule has 0 aliphatic heterocycles. The number of hydrogen-bond acceptors (Lipinski definition) is 3. The predicted molar refractivity (Wildman–Crippen MR) is 91.6 cm³/mol. The van der Waals surface area contributed by atoms with Gasteiger partial charge in [-0.2, -0.15) is 0 Å². The Kier molecular flexibility index (Phi) is 7.03. The molecule has 1 heterocycles. The molecule has 116 valence electrons. The van der Waals surface area contributed by atoms with E-state index >= 15 is 0 Å². The summed E-state index contributed by atoms with van der Waals surface area (Å²) < 4.78 is 0. The SMILES string of the molecule is CC.CNC(Cc1cc2ccccc2cn1)C(=O)C(C)C.[HH]. The number of rotatable bonds is 5. The normalized spacial score (nSPS) is 11.9. The fraction of sp³-hybridized carbons (Fsp3) is 0.444. The summed E-state index contributed by atoms with van der Waals surface area (Å²) in [4.78, 5) is 16.5. The third-order valence-corrected chi connectivity index (χ3v) is 3.36. The number of ketones is 1. The van der Waals surface area contributed by atoms with Crippen molar-refractivity contribution in [3.05, 3.63) is 42.2 Å². The number of nitrogens with one attached hydrogen (secondary N) is 1. The molecular formula is C18H28N2O. The van der Waals surface area contributed by atoms with Crippen LogP contribution in [0.5, 0.6) is 0 Å². The monoisotopic (exact) mass is 288 g/mol. The first kappa shape index (κ1) is 17.3. The summed E-state index contributed by atoms with van der Waals surface area (Å²) in [5, 5.41) is 5.38. The number of nitrogens with zero attached hydrogens (tertiary/aromatic N) is 1. The Hall–Kier alpha value is -1.74. The van der Waals surface area contributed by atoms with Crippen LogP contribution in [0.2, 0.25) is 0 Å². The van der Waals surface area contributed by atoms with Crippen LogP contribution >= 0.6 is 0 Å². The van der Waals surface area contributed by atoms with Gasteiger partial charge in [-0.25, -0.2) is 0 Å². The van der Waals surface area contributed by atoms with Crippen LogP contribution in [0.1, 0.15) is 34.8 Å². The lowest BCUT2D eigenvalue weighted by atomic mass is 9.97. The molecule has 0 aliphatic carbocycles. The van der Waals surface area contributed by atoms with Gasteiger partial charge in [0.25, 0.3) is 0 Å². The molecule has 0 fully saturated rings. The number of carbonyl (C=O) groups is 1. The minimum absolute atomic E-state index is 0. The van der Waals surface area contributed by atoms with Crippen LogP contribution in [-0.4, -0.2) is 23.9 Å². The summed E-state index contributed by atoms with van der Waals surface area (Å²) in [6, 6.07) is 10.0. The van der Waals surface area contributed by atoms with Crippen molar-refractivity contribution in [2.45, 2.75) is 40.2 Å². The van der Waals surface area contributed by atoms with E-state index in [4.69, 9.17) is 0 Å². The van der Waals surface area contributed by atoms with E-state index < -0.39 is 0 Å². The highest BCUT2D eigenvalue weighted by molar-refractivity contribution is 5.86. The van der Waals surface area contributed by atoms with Crippen LogP contribution < -0.4 is 5.32 Å². The maximum absolute atomic E-state index is 12.1. The smallest absolute Gasteiger partial charge is 0.152 e. The van der Waals surface area contributed by atoms with E-state index in [1.54, 1.807) is 0 Å². The standard InChI is InChI=1S/C16H20N2O.C2H6.H2/c1-11(2)16(19)15(17-3)9-14-8-12-6-4-5-7-13(12)10-18-14;1-2;/h4-8,10-11,15,17H,9H2,1-3H3;1-2H3;1H. The minimum Gasteiger partial charge on any atom is -0.310 e. The first-order chi connectivity index (χ1) is 10.1. The predicted octanol–water partition coefficient (Wildman–Crippen LogP) is 3.86. The molecule has 0 spiro atoms. The molecule has 0 bridgehead atoms. The largest absolute Gasteiger partial charge is 0.310 e. The number of likely N-dealkylation sites (N-methyl/N-ethyl adjacent to an activating group) is 1. The van der Waals surface area contributed by atoms with Crippen molar-refractivity contribution in [3.8, 4) is 0 Å². The van der Waals surface area contributed by atoms with Crippen LogP contribution in [0, 0.1) is 5.92 Å². The lowest BCUT2D eigenvalue weighted by Crippen LogP contribution is -2.38. The molecule has 0 amide bonds. The van der Waals surface area contributed by atoms with Crippen molar-refractivity contribution in [3.63, 3.8) is 0 Å². The highest BCUT2D eigenvalue weighted by Gasteiger charge is 2.20. The van der Waals surface area contributed by atoms with Gasteiger partial charge in [-0.05, 0) is 18.5 Å². The number of benzene rings is 1. The average molecular weight is 288 g/mol. The van der Waals surface area contributed by atoms with E-state index in [1.165, 1.54) is 5.39 Å². The Morgan fingerprint density at radius 3 is 2.43 bits per heavy atom. The maximum atomic E-state index is 12.1. The zero-order chi connectivity index (χ0) is 15.8. The Balaban J connectivity index is 0.00000141. The minimum atomic E-state index is -0.159. The molecule has 21 heavy (non-hydrogen) atoms. The topological polar surface area (TPSA) is 42.0 Å². The number of aromatic nitrogens is 1. The van der Waals surface area contributed by atoms with Crippen LogP contribution in [-0.2, 0) is 11.2 Å². The third-order valence-electron chi connectivity index (χ3n) is 3.36. The van der Waals surface area contributed by atoms with Crippen molar-refractivity contribution in [2.75, 3.05) is 7.05 Å². The van der Waals surface area contributed by atoms with Crippen molar-refractivity contribution in [2.24, 2.45) is 5.92 Å². The number of pyridine rings is 1. The molecule has 3 nitrogen and oxygen atoms in total. The van der Waals surface area contributed by atoms with Gasteiger partial charge < -0.3 is 5.32 Å². The fourth-order valence-corrected chi connectivity index (χ4v) is 2.20. The van der Waals surface area contributed by atoms with E-state index in [0.29, 0.717) is 6.42 Å². The van der Waals surface area contributed by atoms with E-state index in [2.05, 4.69) is 22.4 Å². The molecule has 3 heteroatoms. The summed E-state index contributed by atoms with van der Waals surface area (Å²) in [5.74, 6) is 0.273. The van der Waals surface area contributed by atoms with Crippen LogP contribution in [0.4, 0.5) is 0 Å². The molecule has 1 aromatic heterocycles. The van der Waals surface area contributed by atoms with E-state index in [0.717, 1.165) is 11.1 Å². The fourth-order valence-electron chi connectivity index (χ4n) is 2.20. The summed E-state index contributed by atoms with van der Waals surface area (Å²) >= 11 is 0. The van der Waals surface area contributed by atoms with Gasteiger partial charge in [0.1, 0.15) is 0 Å². The highest BCUT2D eigenvalue weighted by Crippen LogP contribution is 2.15. The zero-order valence-electron chi connectivity index (χ0n) is 13.7. The Morgan fingerprint density at radius 2 is 1.86 bits per heavy atom. The maximum Gasteiger partial charge on any atom is 0.152 e. The number of carbonyl (C=O) groups excluding carboxylic acids is 1. The second-order valence-electron chi connectivity index (χ2n) is 5.13. The molecule has 1 unspecified atom stereocenters. The highest BCUT2D eigenvalue weighted by atomic mass is 16.1. The van der Waals surface area contributed by atoms with E-state index in [9.17, 15) is 4.79 Å². The summed E-state index contributed by atoms with van der Waals surface area (Å²) in [6.45, 7) is 7.86. The molecule has 2 rings (SSSR count). The molecule has 1 aromatic carbocycles. The quantitative estimate of drug-likeness (QED) is 0.908. The van der Waals surface area contributed by atoms with Gasteiger partial charge in [-0.15, -0.1) is 0 Å². The van der Waals surface area contributed by atoms with Crippen molar-refractivity contribution in [1.82, 2.24) is 10.3 Å². The number of Topliss-reactive ketones (excluding diaryl/α,β-unsaturated/α-hetero) is 1. The first-order valence-electron chi connectivity index (χ1n) is 7.66. The summed E-state index contributed by atoms with van der Waals surface area (Å²) in [5.41, 5.74) is 0.951. The summed E-state index contributed by atoms with van der Waals surface area (Å²) in [6.07, 6.45) is 2.51. The van der Waals surface area contributed by atoms with Gasteiger partial charge in [0.05, 0.1) is 6.04 Å². The lowest BCUT2D eigenvalue weighted by molar-refractivity contribution is -0.123. The Bertz CT molecular complexity index is 584. The molecule has 1 N–H and O–H groups in total. The van der Waals surface area contributed by atoms with Gasteiger partial charge in [0, 0.05) is 31.0 Å². The van der Waals surface area contributed by atoms with Crippen molar-refractivity contribution in [1.29, 1.82) is 0 Å². The molecule has 0 saturated heterocycles. The first-order valence-corrected chi connectivity index (χ1v) is 7.66. The second-order valence-corrected chi connectivity index (χ2v) is 5.13. The molecular weight excluding hydrogens is 260 g/mol. The number of fused-ring (bicyclic) bond motifs is 1. The van der Waals surface area contributed by atoms with Gasteiger partial charge >= 0.3 is 0 Å². The lowest BCUT2D eigenvalue weighted by Gasteiger charge is -2.17. The van der Waals surface area contributed by atoms with E-state index in [1.807, 2.05) is 59.1 Å². The molecule has 0 aliphatic rings. The molecule has 0 radical (unpaired) electrons. The van der Waals surface area contributed by atoms with Crippen molar-refractivity contribution < 1.29 is 6.22 Å². The van der Waals surface area contributed by atoms with Gasteiger partial charge in [-0.1, -0.05) is 52.0 Å². The molecule has 0 saturated carbocycles. The van der Waals surface area contributed by atoms with E-state index in [-0.39, 0.29) is 19.2 Å². The zero-order valence-corrected chi connectivity index (χ0v) is 13.7. The average Bonchev–Trinajstić information content (AvgIpc) is 2.53. The van der Waals surface area contributed by atoms with Crippen LogP contribution in [0.15, 0.2) is 36.5 Å². The summed E-state index contributed by atoms with van der Waals surface area (Å²) in [7, 11) is 1.83.